The second-order valence-electron chi connectivity index (χ2n) is 9.13. The van der Waals surface area contributed by atoms with Gasteiger partial charge in [0.2, 0.25) is 0 Å². The lowest BCUT2D eigenvalue weighted by Gasteiger charge is -2.23. The van der Waals surface area contributed by atoms with Crippen LogP contribution < -0.4 is 4.74 Å². The summed E-state index contributed by atoms with van der Waals surface area (Å²) >= 11 is 0. The predicted octanol–water partition coefficient (Wildman–Crippen LogP) is 8.69. The Hall–Kier alpha value is -4.63. The Morgan fingerprint density at radius 1 is 0.639 bits per heavy atom. The van der Waals surface area contributed by atoms with Gasteiger partial charge in [-0.05, 0) is 70.3 Å². The number of aromatic nitrogens is 2. The number of benzene rings is 5. The first-order valence-electron chi connectivity index (χ1n) is 12.4. The van der Waals surface area contributed by atoms with Crippen molar-refractivity contribution in [3.05, 3.63) is 121 Å². The molecular weight excluding hydrogens is 440 g/mol. The molecule has 3 heteroatoms. The lowest BCUT2D eigenvalue weighted by atomic mass is 9.92. The van der Waals surface area contributed by atoms with E-state index >= 15 is 0 Å². The largest absolute Gasteiger partial charge is 0.452 e. The molecule has 0 atom stereocenters. The molecule has 6 aromatic rings. The molecule has 0 saturated carbocycles. The van der Waals surface area contributed by atoms with Crippen molar-refractivity contribution in [2.24, 2.45) is 0 Å². The molecule has 0 radical (unpaired) electrons. The molecule has 1 aromatic heterocycles. The molecule has 0 unspecified atom stereocenters. The molecule has 0 N–H and O–H groups in total. The summed E-state index contributed by atoms with van der Waals surface area (Å²) in [7, 11) is 0. The van der Waals surface area contributed by atoms with Crippen LogP contribution in [0, 0.1) is 0 Å². The highest BCUT2D eigenvalue weighted by atomic mass is 16.5. The summed E-state index contributed by atoms with van der Waals surface area (Å²) in [6.45, 7) is 2.15. The van der Waals surface area contributed by atoms with E-state index in [0.29, 0.717) is 0 Å². The monoisotopic (exact) mass is 464 g/mol. The van der Waals surface area contributed by atoms with Gasteiger partial charge < -0.3 is 4.74 Å². The third-order valence-corrected chi connectivity index (χ3v) is 6.93. The summed E-state index contributed by atoms with van der Waals surface area (Å²) < 4.78 is 8.89. The zero-order chi connectivity index (χ0) is 24.1. The second kappa shape index (κ2) is 8.24. The molecule has 0 saturated heterocycles. The number of fused-ring (bicyclic) bond motifs is 2. The van der Waals surface area contributed by atoms with Gasteiger partial charge in [0, 0.05) is 12.0 Å². The van der Waals surface area contributed by atoms with E-state index in [-0.39, 0.29) is 0 Å². The first kappa shape index (κ1) is 20.7. The Kier molecular flexibility index (Phi) is 4.74. The number of hydrogen-bond acceptors (Lipinski definition) is 2. The van der Waals surface area contributed by atoms with Crippen LogP contribution in [0.15, 0.2) is 115 Å². The molecule has 7 rings (SSSR count). The summed E-state index contributed by atoms with van der Waals surface area (Å²) in [6.07, 6.45) is 0.847. The van der Waals surface area contributed by atoms with Crippen molar-refractivity contribution in [3.63, 3.8) is 0 Å². The normalized spacial score (nSPS) is 11.8. The quantitative estimate of drug-likeness (QED) is 0.260. The van der Waals surface area contributed by atoms with Gasteiger partial charge in [-0.2, -0.15) is 0 Å². The van der Waals surface area contributed by atoms with Gasteiger partial charge in [0.1, 0.15) is 11.3 Å². The van der Waals surface area contributed by atoms with Crippen molar-refractivity contribution in [1.29, 1.82) is 0 Å². The van der Waals surface area contributed by atoms with Crippen molar-refractivity contribution in [3.8, 4) is 50.6 Å². The molecule has 1 aliphatic heterocycles. The molecule has 1 aliphatic rings. The Morgan fingerprint density at radius 2 is 1.25 bits per heavy atom. The van der Waals surface area contributed by atoms with E-state index in [1.807, 2.05) is 12.1 Å². The number of aryl methyl sites for hydroxylation is 1. The van der Waals surface area contributed by atoms with Crippen LogP contribution in [0.5, 0.6) is 11.5 Å². The maximum absolute atomic E-state index is 6.62. The van der Waals surface area contributed by atoms with Crippen LogP contribution in [0.3, 0.4) is 0 Å². The van der Waals surface area contributed by atoms with E-state index in [1.165, 1.54) is 22.3 Å². The maximum Gasteiger partial charge on any atom is 0.161 e. The lowest BCUT2D eigenvalue weighted by molar-refractivity contribution is 0.476. The molecule has 0 spiro atoms. The third kappa shape index (κ3) is 3.24. The first-order chi connectivity index (χ1) is 17.8. The fraction of sp³-hybridized carbons (Fsp3) is 0.0606. The molecule has 3 nitrogen and oxygen atoms in total. The minimum Gasteiger partial charge on any atom is -0.452 e. The summed E-state index contributed by atoms with van der Waals surface area (Å²) in [5, 5.41) is 0. The van der Waals surface area contributed by atoms with E-state index in [9.17, 15) is 0 Å². The minimum absolute atomic E-state index is 0.847. The summed E-state index contributed by atoms with van der Waals surface area (Å²) in [6, 6.07) is 40.4. The predicted molar refractivity (Wildman–Crippen MR) is 147 cm³/mol. The third-order valence-electron chi connectivity index (χ3n) is 6.93. The van der Waals surface area contributed by atoms with Crippen LogP contribution >= 0.6 is 0 Å². The molecule has 0 amide bonds. The molecule has 0 fully saturated rings. The Morgan fingerprint density at radius 3 is 1.92 bits per heavy atom. The number of rotatable bonds is 4. The fourth-order valence-electron chi connectivity index (χ4n) is 5.23. The van der Waals surface area contributed by atoms with Crippen LogP contribution in [0.1, 0.15) is 12.7 Å². The van der Waals surface area contributed by atoms with Crippen LogP contribution in [0.2, 0.25) is 0 Å². The van der Waals surface area contributed by atoms with Crippen LogP contribution in [-0.4, -0.2) is 9.55 Å². The lowest BCUT2D eigenvalue weighted by Crippen LogP contribution is -2.07. The van der Waals surface area contributed by atoms with Gasteiger partial charge in [-0.3, -0.25) is 4.57 Å². The smallest absolute Gasteiger partial charge is 0.161 e. The molecule has 0 bridgehead atoms. The first-order valence-corrected chi connectivity index (χ1v) is 12.4. The molecule has 172 valence electrons. The van der Waals surface area contributed by atoms with Gasteiger partial charge in [0.25, 0.3) is 0 Å². The van der Waals surface area contributed by atoms with Crippen molar-refractivity contribution >= 4 is 11.0 Å². The molecule has 5 aromatic carbocycles. The van der Waals surface area contributed by atoms with Crippen LogP contribution in [0.25, 0.3) is 50.1 Å². The van der Waals surface area contributed by atoms with Gasteiger partial charge >= 0.3 is 0 Å². The van der Waals surface area contributed by atoms with E-state index in [4.69, 9.17) is 9.72 Å². The maximum atomic E-state index is 6.62. The summed E-state index contributed by atoms with van der Waals surface area (Å²) in [5.74, 6) is 2.76. The van der Waals surface area contributed by atoms with Gasteiger partial charge in [0.15, 0.2) is 11.5 Å². The Labute approximate surface area is 210 Å². The highest BCUT2D eigenvalue weighted by Gasteiger charge is 2.26. The van der Waals surface area contributed by atoms with Crippen molar-refractivity contribution in [2.45, 2.75) is 13.3 Å². The number of nitrogens with zero attached hydrogens (tertiary/aromatic N) is 2. The second-order valence-corrected chi connectivity index (χ2v) is 9.13. The molecule has 2 heterocycles. The Balaban J connectivity index is 1.51. The number of imidazole rings is 1. The standard InChI is InChI=1S/C33H24N2O/c1-2-31-34-28-18-17-27(33-32(28)35(31)29-15-9-10-16-30(29)36-33)26-20-24(22-11-5-3-6-12-22)19-25(21-26)23-13-7-4-8-14-23/h3-21H,2H2,1H3. The summed E-state index contributed by atoms with van der Waals surface area (Å²) in [4.78, 5) is 4.95. The molecular formula is C33H24N2O. The van der Waals surface area contributed by atoms with Crippen LogP contribution in [0.4, 0.5) is 0 Å². The average Bonchev–Trinajstić information content (AvgIpc) is 3.34. The topological polar surface area (TPSA) is 27.1 Å². The fourth-order valence-corrected chi connectivity index (χ4v) is 5.23. The highest BCUT2D eigenvalue weighted by molar-refractivity contribution is 5.96. The van der Waals surface area contributed by atoms with Gasteiger partial charge in [0.05, 0.1) is 11.2 Å². The number of hydrogen-bond donors (Lipinski definition) is 0. The molecule has 0 aliphatic carbocycles. The highest BCUT2D eigenvalue weighted by Crippen LogP contribution is 2.47. The van der Waals surface area contributed by atoms with E-state index in [2.05, 4.69) is 115 Å². The summed E-state index contributed by atoms with van der Waals surface area (Å²) in [5.41, 5.74) is 9.97. The minimum atomic E-state index is 0.847. The number of para-hydroxylation sites is 2. The zero-order valence-electron chi connectivity index (χ0n) is 20.0. The zero-order valence-corrected chi connectivity index (χ0v) is 20.0. The van der Waals surface area contributed by atoms with Crippen molar-refractivity contribution in [1.82, 2.24) is 9.55 Å². The van der Waals surface area contributed by atoms with E-state index in [0.717, 1.165) is 51.6 Å². The van der Waals surface area contributed by atoms with Gasteiger partial charge in [-0.25, -0.2) is 4.98 Å². The number of ether oxygens (including phenoxy) is 1. The Bertz CT molecular complexity index is 1680. The molecule has 36 heavy (non-hydrogen) atoms. The van der Waals surface area contributed by atoms with E-state index < -0.39 is 0 Å². The van der Waals surface area contributed by atoms with E-state index in [1.54, 1.807) is 0 Å². The SMILES string of the molecule is CCc1nc2ccc(-c3cc(-c4ccccc4)cc(-c4ccccc4)c3)c3c2n1-c1ccccc1O3. The van der Waals surface area contributed by atoms with Gasteiger partial charge in [-0.15, -0.1) is 0 Å². The average molecular weight is 465 g/mol. The van der Waals surface area contributed by atoms with Crippen molar-refractivity contribution in [2.75, 3.05) is 0 Å². The van der Waals surface area contributed by atoms with Gasteiger partial charge in [-0.1, -0.05) is 79.7 Å². The van der Waals surface area contributed by atoms with Crippen molar-refractivity contribution < 1.29 is 4.74 Å². The van der Waals surface area contributed by atoms with Crippen LogP contribution in [-0.2, 0) is 6.42 Å².